The number of allylic oxidation sites excluding steroid dienone is 10. The Morgan fingerprint density at radius 1 is 1.36 bits per heavy atom. The van der Waals surface area contributed by atoms with Gasteiger partial charge in [-0.15, -0.1) is 0 Å². The Labute approximate surface area is 248 Å². The summed E-state index contributed by atoms with van der Waals surface area (Å²) in [6.07, 6.45) is 16.1. The fraction of sp³-hybridized carbons (Fsp3) is 0.387. The van der Waals surface area contributed by atoms with Crippen LogP contribution in [0.3, 0.4) is 0 Å². The minimum absolute atomic E-state index is 0.0315. The molecule has 0 aromatic heterocycles. The lowest BCUT2D eigenvalue weighted by Gasteiger charge is -2.14. The summed E-state index contributed by atoms with van der Waals surface area (Å²) < 4.78 is 33.4. The summed E-state index contributed by atoms with van der Waals surface area (Å²) in [7, 11) is 3.37. The van der Waals surface area contributed by atoms with Crippen LogP contribution in [0.5, 0.6) is 0 Å². The largest absolute Gasteiger partial charge is 0.436 e. The quantitative estimate of drug-likeness (QED) is 0.134. The van der Waals surface area contributed by atoms with Crippen molar-refractivity contribution in [2.24, 2.45) is 15.9 Å². The number of ether oxygens (including phenoxy) is 1. The number of halogens is 2. The maximum absolute atomic E-state index is 14.7. The molecule has 0 bridgehead atoms. The van der Waals surface area contributed by atoms with Crippen LogP contribution in [0.1, 0.15) is 47.5 Å². The number of nitrogens with zero attached hydrogens (tertiary/aromatic N) is 5. The number of rotatable bonds is 10. The number of amides is 3. The van der Waals surface area contributed by atoms with Crippen LogP contribution in [0.15, 0.2) is 93.2 Å². The van der Waals surface area contributed by atoms with E-state index in [1.807, 2.05) is 33.8 Å². The van der Waals surface area contributed by atoms with Crippen LogP contribution in [0.4, 0.5) is 13.6 Å². The second-order valence-electron chi connectivity index (χ2n) is 8.49. The van der Waals surface area contributed by atoms with Crippen molar-refractivity contribution in [1.82, 2.24) is 15.1 Å². The molecule has 0 aromatic rings. The number of carbonyl (C=O) groups excluding carboxylic acids is 2. The van der Waals surface area contributed by atoms with Crippen molar-refractivity contribution in [3.63, 3.8) is 0 Å². The number of nitriles is 1. The Balaban J connectivity index is 0.00000145. The molecule has 2 rings (SSSR count). The Morgan fingerprint density at radius 2 is 2.07 bits per heavy atom. The first-order chi connectivity index (χ1) is 20.2. The summed E-state index contributed by atoms with van der Waals surface area (Å²) in [5.41, 5.74) is 0.790. The lowest BCUT2D eigenvalue weighted by atomic mass is 10.1. The van der Waals surface area contributed by atoms with E-state index < -0.39 is 5.83 Å². The summed E-state index contributed by atoms with van der Waals surface area (Å²) >= 11 is 0. The summed E-state index contributed by atoms with van der Waals surface area (Å²) in [5, 5.41) is 11.4. The van der Waals surface area contributed by atoms with Crippen LogP contribution < -0.4 is 5.32 Å². The van der Waals surface area contributed by atoms with E-state index in [2.05, 4.69) is 15.3 Å². The van der Waals surface area contributed by atoms with E-state index in [9.17, 15) is 18.4 Å². The molecule has 0 aromatic carbocycles. The number of nitrogens with one attached hydrogen (secondary N) is 1. The Hall–Kier alpha value is -4.59. The van der Waals surface area contributed by atoms with Crippen LogP contribution in [0.2, 0.25) is 0 Å². The molecule has 0 saturated carbocycles. The predicted octanol–water partition coefficient (Wildman–Crippen LogP) is 6.65. The maximum atomic E-state index is 14.7. The molecule has 3 amide bonds. The molecule has 11 heteroatoms. The maximum Gasteiger partial charge on any atom is 0.316 e. The van der Waals surface area contributed by atoms with E-state index in [4.69, 9.17) is 10.00 Å². The van der Waals surface area contributed by atoms with Crippen LogP contribution >= 0.6 is 0 Å². The first-order valence-corrected chi connectivity index (χ1v) is 13.6. The normalized spacial score (nSPS) is 15.4. The summed E-state index contributed by atoms with van der Waals surface area (Å²) in [4.78, 5) is 33.0. The summed E-state index contributed by atoms with van der Waals surface area (Å²) in [5.74, 6) is -0.955. The van der Waals surface area contributed by atoms with E-state index in [0.717, 1.165) is 6.54 Å². The Bertz CT molecular complexity index is 1200. The molecule has 9 nitrogen and oxygen atoms in total. The molecule has 2 aliphatic rings. The van der Waals surface area contributed by atoms with Crippen molar-refractivity contribution in [3.05, 3.63) is 83.2 Å². The van der Waals surface area contributed by atoms with Gasteiger partial charge in [0.05, 0.1) is 11.9 Å². The fourth-order valence-electron chi connectivity index (χ4n) is 2.94. The molecule has 1 N–H and O–H groups in total. The van der Waals surface area contributed by atoms with Crippen molar-refractivity contribution < 1.29 is 23.1 Å². The van der Waals surface area contributed by atoms with Gasteiger partial charge in [-0.2, -0.15) is 5.26 Å². The average molecular weight is 585 g/mol. The molecular formula is C31H42F2N6O3. The molecular weight excluding hydrogens is 542 g/mol. The van der Waals surface area contributed by atoms with Gasteiger partial charge in [-0.3, -0.25) is 4.79 Å². The predicted molar refractivity (Wildman–Crippen MR) is 164 cm³/mol. The number of aliphatic imine (C=N–C) groups is 2. The molecule has 0 spiro atoms. The zero-order chi connectivity index (χ0) is 31.9. The lowest BCUT2D eigenvalue weighted by Crippen LogP contribution is -2.34. The van der Waals surface area contributed by atoms with Gasteiger partial charge in [0.1, 0.15) is 11.9 Å². The molecule has 0 radical (unpaired) electrons. The smallest absolute Gasteiger partial charge is 0.316 e. The fourth-order valence-corrected chi connectivity index (χ4v) is 2.94. The van der Waals surface area contributed by atoms with E-state index in [1.165, 1.54) is 41.8 Å². The number of hydrogen-bond donors (Lipinski definition) is 1. The minimum atomic E-state index is -0.643. The molecule has 0 fully saturated rings. The lowest BCUT2D eigenvalue weighted by molar-refractivity contribution is -0.114. The highest BCUT2D eigenvalue weighted by Crippen LogP contribution is 2.23. The zero-order valence-corrected chi connectivity index (χ0v) is 25.5. The molecule has 228 valence electrons. The van der Waals surface area contributed by atoms with Crippen LogP contribution in [-0.4, -0.2) is 62.0 Å². The van der Waals surface area contributed by atoms with Crippen molar-refractivity contribution in [2.45, 2.75) is 47.5 Å². The van der Waals surface area contributed by atoms with E-state index in [1.54, 1.807) is 50.2 Å². The third-order valence-electron chi connectivity index (χ3n) is 5.33. The van der Waals surface area contributed by atoms with Gasteiger partial charge in [0, 0.05) is 45.5 Å². The van der Waals surface area contributed by atoms with Crippen LogP contribution in [-0.2, 0) is 9.53 Å². The van der Waals surface area contributed by atoms with Gasteiger partial charge in [-0.25, -0.2) is 23.6 Å². The van der Waals surface area contributed by atoms with Crippen molar-refractivity contribution >= 4 is 25.0 Å². The van der Waals surface area contributed by atoms with Gasteiger partial charge < -0.3 is 19.9 Å². The first kappa shape index (κ1) is 37.4. The summed E-state index contributed by atoms with van der Waals surface area (Å²) in [6, 6.07) is 1.96. The second-order valence-corrected chi connectivity index (χ2v) is 8.49. The zero-order valence-electron chi connectivity index (χ0n) is 25.5. The SMILES string of the molecule is C/C=C(F)\C=C/C(C)CN(C=O)C=NC1=CC(F)=C(OC2=CCC=C(C#N)C=N2)C=CC1.CC.CCN(C)C(=O)NC. The molecule has 1 aliphatic carbocycles. The van der Waals surface area contributed by atoms with Gasteiger partial charge >= 0.3 is 6.03 Å². The van der Waals surface area contributed by atoms with Gasteiger partial charge in [-0.05, 0) is 50.5 Å². The van der Waals surface area contributed by atoms with E-state index in [-0.39, 0.29) is 29.4 Å². The summed E-state index contributed by atoms with van der Waals surface area (Å²) in [6.45, 7) is 10.4. The second kappa shape index (κ2) is 22.1. The molecule has 42 heavy (non-hydrogen) atoms. The highest BCUT2D eigenvalue weighted by atomic mass is 19.1. The molecule has 1 heterocycles. The standard InChI is InChI=1S/C24H24F2N4O2.C5H12N2O.C2H6/c1-3-20(25)11-10-18(2)15-30(17-31)16-29-21-7-5-8-23(22(26)12-21)32-24-9-4-6-19(13-27)14-28-24;1-4-7(3)5(8)6-2;1-2/h3,5-6,8-12,14,16-18H,4,7,15H2,1-2H3;4H2,1-3H3,(H,6,8);1-2H3/b11-10-,20-3+,29-16?;;. The molecule has 1 aliphatic heterocycles. The number of carbonyl (C=O) groups is 2. The van der Waals surface area contributed by atoms with Gasteiger partial charge in [0.15, 0.2) is 11.6 Å². The third-order valence-corrected chi connectivity index (χ3v) is 5.33. The van der Waals surface area contributed by atoms with Crippen LogP contribution in [0, 0.1) is 17.2 Å². The van der Waals surface area contributed by atoms with Gasteiger partial charge in [0.2, 0.25) is 12.3 Å². The van der Waals surface area contributed by atoms with E-state index in [0.29, 0.717) is 37.1 Å². The van der Waals surface area contributed by atoms with Gasteiger partial charge in [-0.1, -0.05) is 45.1 Å². The van der Waals surface area contributed by atoms with Crippen molar-refractivity contribution in [2.75, 3.05) is 27.2 Å². The van der Waals surface area contributed by atoms with E-state index >= 15 is 0 Å². The monoisotopic (exact) mass is 584 g/mol. The molecule has 1 unspecified atom stereocenters. The first-order valence-electron chi connectivity index (χ1n) is 13.6. The number of urea groups is 1. The molecule has 0 saturated heterocycles. The number of hydrogen-bond acceptors (Lipinski definition) is 6. The van der Waals surface area contributed by atoms with Gasteiger partial charge in [0.25, 0.3) is 0 Å². The third kappa shape index (κ3) is 15.3. The average Bonchev–Trinajstić information content (AvgIpc) is 3.35. The Kier molecular flexibility index (Phi) is 19.7. The molecule has 1 atom stereocenters. The topological polar surface area (TPSA) is 110 Å². The minimum Gasteiger partial charge on any atom is -0.436 e. The Morgan fingerprint density at radius 3 is 2.64 bits per heavy atom. The highest BCUT2D eigenvalue weighted by Gasteiger charge is 2.12. The highest BCUT2D eigenvalue weighted by molar-refractivity contribution is 5.84. The van der Waals surface area contributed by atoms with Crippen LogP contribution in [0.25, 0.3) is 0 Å². The van der Waals surface area contributed by atoms with Crippen molar-refractivity contribution in [3.8, 4) is 6.07 Å². The van der Waals surface area contributed by atoms with Crippen molar-refractivity contribution in [1.29, 1.82) is 5.26 Å².